The van der Waals surface area contributed by atoms with Gasteiger partial charge in [-0.25, -0.2) is 0 Å². The normalized spacial score (nSPS) is 13.1. The van der Waals surface area contributed by atoms with Crippen molar-refractivity contribution in [2.45, 2.75) is 19.3 Å². The Labute approximate surface area is 160 Å². The van der Waals surface area contributed by atoms with Crippen LogP contribution in [0.25, 0.3) is 0 Å². The Morgan fingerprint density at radius 3 is 1.04 bits per heavy atom. The summed E-state index contributed by atoms with van der Waals surface area (Å²) in [5.41, 5.74) is 0.0379. The summed E-state index contributed by atoms with van der Waals surface area (Å²) >= 11 is 0. The number of carbonyl (C=O) groups is 6. The molecule has 10 heteroatoms. The first kappa shape index (κ1) is 24.1. The topological polar surface area (TPSA) is 143 Å². The summed E-state index contributed by atoms with van der Waals surface area (Å²) in [6.45, 7) is 0. The average Bonchev–Trinajstić information content (AvgIpc) is 2.71. The third-order valence-electron chi connectivity index (χ3n) is 2.72. The lowest BCUT2D eigenvalue weighted by Gasteiger charge is -2.07. The maximum absolute atomic E-state index is 10.7. The zero-order valence-electron chi connectivity index (χ0n) is 14.8. The van der Waals surface area contributed by atoms with Gasteiger partial charge in [0.25, 0.3) is 0 Å². The van der Waals surface area contributed by atoms with E-state index in [0.29, 0.717) is 37.7 Å². The zero-order chi connectivity index (χ0) is 21.0. The minimum atomic E-state index is -0.142. The second kappa shape index (κ2) is 16.5. The van der Waals surface area contributed by atoms with Crippen LogP contribution in [0.3, 0.4) is 0 Å². The molecule has 0 aliphatic heterocycles. The predicted octanol–water partition coefficient (Wildman–Crippen LogP) is 0.389. The van der Waals surface area contributed by atoms with E-state index in [4.69, 9.17) is 0 Å². The summed E-state index contributed by atoms with van der Waals surface area (Å²) < 4.78 is 0. The van der Waals surface area contributed by atoms with Gasteiger partial charge in [0, 0.05) is 56.5 Å². The first-order valence-corrected chi connectivity index (χ1v) is 7.79. The van der Waals surface area contributed by atoms with Gasteiger partial charge in [0.1, 0.15) is 18.9 Å². The van der Waals surface area contributed by atoms with Gasteiger partial charge in [0.05, 0.1) is 17.1 Å². The lowest BCUT2D eigenvalue weighted by atomic mass is 10.3. The van der Waals surface area contributed by atoms with E-state index < -0.39 is 0 Å². The highest BCUT2D eigenvalue weighted by molar-refractivity contribution is 6.32. The molecule has 0 aliphatic carbocycles. The Hall–Kier alpha value is -3.95. The van der Waals surface area contributed by atoms with E-state index in [2.05, 4.69) is 15.0 Å². The molecule has 0 aromatic heterocycles. The molecule has 0 fully saturated rings. The maximum Gasteiger partial charge on any atom is 0.164 e. The predicted molar refractivity (Wildman–Crippen MR) is 102 cm³/mol. The van der Waals surface area contributed by atoms with Crippen LogP contribution in [-0.2, 0) is 28.8 Å². The molecule has 10 nitrogen and oxygen atoms in total. The smallest absolute Gasteiger partial charge is 0.164 e. The summed E-state index contributed by atoms with van der Waals surface area (Å²) in [5, 5.41) is 0. The van der Waals surface area contributed by atoms with E-state index >= 15 is 0 Å². The van der Waals surface area contributed by atoms with Crippen LogP contribution in [0.1, 0.15) is 19.3 Å². The number of aldehydes is 6. The van der Waals surface area contributed by atoms with Crippen LogP contribution in [0.5, 0.6) is 0 Å². The second-order valence-corrected chi connectivity index (χ2v) is 4.67. The standard InChI is InChI=1S/C18H18N4O6/c23-10-1-16(13-26)19-4-7-22(8-5-20-17(14-27)2-11-24)9-6-21-18(15-28)3-12-25/h4-15H,1-3H2. The molecule has 0 atom stereocenters. The minimum absolute atomic E-state index is 0.0126. The van der Waals surface area contributed by atoms with Crippen molar-refractivity contribution in [3.8, 4) is 0 Å². The van der Waals surface area contributed by atoms with Gasteiger partial charge < -0.3 is 19.3 Å². The zero-order valence-corrected chi connectivity index (χ0v) is 14.8. The summed E-state index contributed by atoms with van der Waals surface area (Å²) in [7, 11) is 0. The van der Waals surface area contributed by atoms with Crippen LogP contribution < -0.4 is 0 Å². The number of hydrogen-bond donors (Lipinski definition) is 0. The maximum atomic E-state index is 10.7. The summed E-state index contributed by atoms with van der Waals surface area (Å²) in [6.07, 6.45) is 10.3. The largest absolute Gasteiger partial charge is 0.326 e. The first-order chi connectivity index (χ1) is 13.6. The molecule has 28 heavy (non-hydrogen) atoms. The number of aliphatic imine (C=N–C) groups is 3. The van der Waals surface area contributed by atoms with Crippen LogP contribution >= 0.6 is 0 Å². The lowest BCUT2D eigenvalue weighted by molar-refractivity contribution is -0.108. The highest BCUT2D eigenvalue weighted by Gasteiger charge is 1.96. The number of nitrogens with zero attached hydrogens (tertiary/aromatic N) is 4. The van der Waals surface area contributed by atoms with Gasteiger partial charge in [-0.2, -0.15) is 0 Å². The fourth-order valence-electron chi connectivity index (χ4n) is 1.42. The molecule has 0 aromatic rings. The van der Waals surface area contributed by atoms with Gasteiger partial charge in [-0.1, -0.05) is 0 Å². The van der Waals surface area contributed by atoms with E-state index in [9.17, 15) is 28.8 Å². The van der Waals surface area contributed by atoms with Gasteiger partial charge >= 0.3 is 0 Å². The Bertz CT molecular complexity index is 647. The second-order valence-electron chi connectivity index (χ2n) is 4.67. The Morgan fingerprint density at radius 2 is 0.821 bits per heavy atom. The van der Waals surface area contributed by atoms with E-state index in [0.717, 1.165) is 0 Å². The Morgan fingerprint density at radius 1 is 0.536 bits per heavy atom. The van der Waals surface area contributed by atoms with Gasteiger partial charge in [-0.05, 0) is 0 Å². The van der Waals surface area contributed by atoms with Gasteiger partial charge in [0.2, 0.25) is 0 Å². The molecule has 0 spiro atoms. The molecule has 0 rings (SSSR count). The summed E-state index contributed by atoms with van der Waals surface area (Å²) in [4.78, 5) is 76.2. The summed E-state index contributed by atoms with van der Waals surface area (Å²) in [6, 6.07) is 0. The van der Waals surface area contributed by atoms with Crippen molar-refractivity contribution in [2.24, 2.45) is 15.0 Å². The molecular formula is C18H18N4O6. The van der Waals surface area contributed by atoms with Crippen LogP contribution in [0.15, 0.2) is 52.2 Å². The first-order valence-electron chi connectivity index (χ1n) is 7.79. The molecule has 0 radical (unpaired) electrons. The van der Waals surface area contributed by atoms with E-state index in [-0.39, 0.29) is 36.4 Å². The van der Waals surface area contributed by atoms with Gasteiger partial charge in [-0.15, -0.1) is 0 Å². The fraction of sp³-hybridized carbons (Fsp3) is 0.167. The van der Waals surface area contributed by atoms with Crippen LogP contribution in [-0.4, -0.2) is 59.8 Å². The SMILES string of the molecule is O=CCC(C=O)=NC=CN(C=CN=C(C=O)CC=O)C=CN=C(C=O)CC=O. The lowest BCUT2D eigenvalue weighted by Crippen LogP contribution is -2.03. The van der Waals surface area contributed by atoms with Crippen molar-refractivity contribution in [3.05, 3.63) is 37.2 Å². The number of carbonyl (C=O) groups excluding carboxylic acids is 6. The van der Waals surface area contributed by atoms with Gasteiger partial charge in [0.15, 0.2) is 18.9 Å². The van der Waals surface area contributed by atoms with Crippen molar-refractivity contribution < 1.29 is 28.8 Å². The monoisotopic (exact) mass is 386 g/mol. The molecule has 0 heterocycles. The van der Waals surface area contributed by atoms with Crippen molar-refractivity contribution in [2.75, 3.05) is 0 Å². The average molecular weight is 386 g/mol. The third-order valence-corrected chi connectivity index (χ3v) is 2.72. The molecule has 0 aromatic carbocycles. The van der Waals surface area contributed by atoms with Crippen molar-refractivity contribution in [3.63, 3.8) is 0 Å². The number of rotatable bonds is 15. The third kappa shape index (κ3) is 11.6. The summed E-state index contributed by atoms with van der Waals surface area (Å²) in [5.74, 6) is 0. The van der Waals surface area contributed by atoms with Crippen LogP contribution in [0, 0.1) is 0 Å². The minimum Gasteiger partial charge on any atom is -0.326 e. The molecular weight excluding hydrogens is 368 g/mol. The molecule has 0 aliphatic rings. The fourth-order valence-corrected chi connectivity index (χ4v) is 1.42. The molecule has 146 valence electrons. The highest BCUT2D eigenvalue weighted by atomic mass is 16.1. The van der Waals surface area contributed by atoms with E-state index in [1.165, 1.54) is 42.1 Å². The molecule has 0 N–H and O–H groups in total. The highest BCUT2D eigenvalue weighted by Crippen LogP contribution is 1.98. The Kier molecular flexibility index (Phi) is 14.2. The number of hydrogen-bond acceptors (Lipinski definition) is 10. The van der Waals surface area contributed by atoms with Crippen molar-refractivity contribution >= 4 is 54.9 Å². The van der Waals surface area contributed by atoms with Crippen LogP contribution in [0.4, 0.5) is 0 Å². The van der Waals surface area contributed by atoms with Crippen LogP contribution in [0.2, 0.25) is 0 Å². The molecule has 0 unspecified atom stereocenters. The molecule has 0 saturated heterocycles. The molecule has 0 bridgehead atoms. The van der Waals surface area contributed by atoms with E-state index in [1.54, 1.807) is 0 Å². The van der Waals surface area contributed by atoms with Crippen molar-refractivity contribution in [1.82, 2.24) is 4.90 Å². The van der Waals surface area contributed by atoms with Crippen molar-refractivity contribution in [1.29, 1.82) is 0 Å². The molecule has 0 saturated carbocycles. The van der Waals surface area contributed by atoms with E-state index in [1.807, 2.05) is 0 Å². The molecule has 0 amide bonds. The quantitative estimate of drug-likeness (QED) is 0.292. The van der Waals surface area contributed by atoms with Gasteiger partial charge in [-0.3, -0.25) is 29.4 Å². The Balaban J connectivity index is 5.51.